The molecule has 2 amide bonds. The number of carbonyl (C=O) groups is 3. The minimum atomic E-state index is -4.05. The number of methoxy groups -OCH3 is 1. The lowest BCUT2D eigenvalue weighted by molar-refractivity contribution is -0.125. The second-order valence-corrected chi connectivity index (χ2v) is 14.6. The van der Waals surface area contributed by atoms with E-state index in [9.17, 15) is 22.8 Å². The number of hydrogen-bond acceptors (Lipinski definition) is 9. The summed E-state index contributed by atoms with van der Waals surface area (Å²) in [5, 5.41) is 3.15. The largest absolute Gasteiger partial charge is 0.496 e. The Hall–Kier alpha value is -4.82. The fourth-order valence-corrected chi connectivity index (χ4v) is 8.50. The SMILES string of the molecule is COc1cc(C)c(S(=O)(=O)NC(N)=NCCC[C@H](NC(=O)[C@@H]2CCCN2C(=O)c2ccccc2)C(=O)c2nc3ccccc3s2)c(C)c1C. The van der Waals surface area contributed by atoms with E-state index in [1.54, 1.807) is 56.0 Å². The van der Waals surface area contributed by atoms with Crippen LogP contribution in [0.25, 0.3) is 10.2 Å². The molecule has 2 heterocycles. The van der Waals surface area contributed by atoms with E-state index in [2.05, 4.69) is 20.0 Å². The number of carbonyl (C=O) groups excluding carboxylic acids is 3. The number of likely N-dealkylation sites (tertiary alicyclic amines) is 1. The van der Waals surface area contributed by atoms with Gasteiger partial charge in [0.1, 0.15) is 11.8 Å². The predicted molar refractivity (Wildman–Crippen MR) is 190 cm³/mol. The van der Waals surface area contributed by atoms with E-state index in [0.29, 0.717) is 59.3 Å². The van der Waals surface area contributed by atoms with Gasteiger partial charge in [-0.15, -0.1) is 11.3 Å². The zero-order valence-electron chi connectivity index (χ0n) is 27.9. The average Bonchev–Trinajstić information content (AvgIpc) is 3.75. The monoisotopic (exact) mass is 704 g/mol. The molecule has 0 unspecified atom stereocenters. The van der Waals surface area contributed by atoms with Crippen LogP contribution in [0.15, 0.2) is 70.6 Å². The number of hydrogen-bond donors (Lipinski definition) is 3. The molecular weight excluding hydrogens is 665 g/mol. The molecule has 5 rings (SSSR count). The molecule has 0 saturated carbocycles. The maximum absolute atomic E-state index is 13.8. The Bertz CT molecular complexity index is 1980. The number of guanidine groups is 1. The number of ether oxygens (including phenoxy) is 1. The summed E-state index contributed by atoms with van der Waals surface area (Å²) in [5.74, 6) is -0.730. The highest BCUT2D eigenvalue weighted by Gasteiger charge is 2.36. The number of nitrogens with one attached hydrogen (secondary N) is 2. The molecule has 2 atom stereocenters. The number of aryl methyl sites for hydroxylation is 1. The summed E-state index contributed by atoms with van der Waals surface area (Å²) in [4.78, 5) is 51.0. The number of benzene rings is 3. The van der Waals surface area contributed by atoms with Crippen LogP contribution in [0.5, 0.6) is 5.75 Å². The van der Waals surface area contributed by atoms with Gasteiger partial charge in [0.2, 0.25) is 17.6 Å². The van der Waals surface area contributed by atoms with Crippen molar-refractivity contribution in [2.45, 2.75) is 63.4 Å². The van der Waals surface area contributed by atoms with Crippen LogP contribution in [0.2, 0.25) is 0 Å². The summed E-state index contributed by atoms with van der Waals surface area (Å²) in [7, 11) is -2.53. The Morgan fingerprint density at radius 2 is 1.80 bits per heavy atom. The minimum absolute atomic E-state index is 0.0789. The average molecular weight is 705 g/mol. The van der Waals surface area contributed by atoms with Crippen LogP contribution < -0.4 is 20.5 Å². The molecule has 258 valence electrons. The molecule has 1 aromatic heterocycles. The van der Waals surface area contributed by atoms with Crippen LogP contribution in [0.3, 0.4) is 0 Å². The van der Waals surface area contributed by atoms with Crippen LogP contribution in [0.4, 0.5) is 0 Å². The normalized spacial score (nSPS) is 15.6. The fourth-order valence-electron chi connectivity index (χ4n) is 6.05. The Labute approximate surface area is 289 Å². The molecule has 4 N–H and O–H groups in total. The van der Waals surface area contributed by atoms with Gasteiger partial charge in [0.25, 0.3) is 15.9 Å². The second-order valence-electron chi connectivity index (χ2n) is 11.9. The maximum atomic E-state index is 13.8. The number of nitrogens with two attached hydrogens (primary N) is 1. The van der Waals surface area contributed by atoms with Gasteiger partial charge in [0.15, 0.2) is 5.01 Å². The van der Waals surface area contributed by atoms with Crippen LogP contribution >= 0.6 is 11.3 Å². The van der Waals surface area contributed by atoms with Crippen molar-refractivity contribution >= 4 is 55.1 Å². The smallest absolute Gasteiger partial charge is 0.264 e. The highest BCUT2D eigenvalue weighted by molar-refractivity contribution is 7.90. The van der Waals surface area contributed by atoms with Crippen LogP contribution in [0, 0.1) is 20.8 Å². The molecule has 0 radical (unpaired) electrons. The summed E-state index contributed by atoms with van der Waals surface area (Å²) in [6.45, 7) is 5.67. The molecule has 4 aromatic rings. The third-order valence-electron chi connectivity index (χ3n) is 8.61. The van der Waals surface area contributed by atoms with Crippen molar-refractivity contribution in [1.29, 1.82) is 0 Å². The number of thiazole rings is 1. The van der Waals surface area contributed by atoms with Crippen molar-refractivity contribution in [3.8, 4) is 5.75 Å². The fraction of sp³-hybridized carbons (Fsp3) is 0.343. The maximum Gasteiger partial charge on any atom is 0.264 e. The van der Waals surface area contributed by atoms with Crippen LogP contribution in [-0.2, 0) is 14.8 Å². The van der Waals surface area contributed by atoms with Gasteiger partial charge < -0.3 is 20.7 Å². The Kier molecular flexibility index (Phi) is 11.0. The van der Waals surface area contributed by atoms with Gasteiger partial charge in [-0.3, -0.25) is 19.4 Å². The number of nitrogens with zero attached hydrogens (tertiary/aromatic N) is 3. The van der Waals surface area contributed by atoms with Crippen molar-refractivity contribution in [3.63, 3.8) is 0 Å². The zero-order chi connectivity index (χ0) is 35.3. The van der Waals surface area contributed by atoms with Crippen molar-refractivity contribution in [1.82, 2.24) is 19.9 Å². The summed E-state index contributed by atoms with van der Waals surface area (Å²) in [6, 6.07) is 16.1. The number of Topliss-reactive ketones (excluding diaryl/α,β-unsaturated/α-hetero) is 1. The third kappa shape index (κ3) is 7.92. The highest BCUT2D eigenvalue weighted by atomic mass is 32.2. The molecule has 0 aliphatic carbocycles. The standard InChI is InChI=1S/C35H40N6O6S2/c1-21-20-28(47-4)22(2)23(3)31(21)49(45,46)40-35(36)37-18-10-15-26(30(42)33-39-25-14-8-9-17-29(25)48-33)38-32(43)27-16-11-19-41(27)34(44)24-12-6-5-7-13-24/h5-9,12-14,17,20,26-27H,10-11,15-16,18-19H2,1-4H3,(H,38,43)(H3,36,37,40)/t26-,27-/m0/s1. The van der Waals surface area contributed by atoms with E-state index in [-0.39, 0.29) is 40.5 Å². The van der Waals surface area contributed by atoms with Crippen molar-refractivity contribution in [2.24, 2.45) is 10.7 Å². The summed E-state index contributed by atoms with van der Waals surface area (Å²) < 4.78 is 35.1. The molecule has 0 spiro atoms. The number of rotatable bonds is 12. The molecule has 3 aromatic carbocycles. The van der Waals surface area contributed by atoms with Gasteiger partial charge in [-0.2, -0.15) is 0 Å². The zero-order valence-corrected chi connectivity index (χ0v) is 29.5. The van der Waals surface area contributed by atoms with E-state index in [1.165, 1.54) is 18.4 Å². The summed E-state index contributed by atoms with van der Waals surface area (Å²) in [6.07, 6.45) is 1.60. The molecule has 14 heteroatoms. The summed E-state index contributed by atoms with van der Waals surface area (Å²) >= 11 is 1.24. The van der Waals surface area contributed by atoms with E-state index in [4.69, 9.17) is 10.5 Å². The third-order valence-corrected chi connectivity index (χ3v) is 11.3. The molecule has 12 nitrogen and oxygen atoms in total. The highest BCUT2D eigenvalue weighted by Crippen LogP contribution is 2.30. The number of aliphatic imine (C=N–C) groups is 1. The number of para-hydroxylation sites is 1. The first-order valence-corrected chi connectivity index (χ1v) is 18.2. The number of ketones is 1. The lowest BCUT2D eigenvalue weighted by atomic mass is 10.1. The number of aromatic nitrogens is 1. The van der Waals surface area contributed by atoms with Gasteiger partial charge in [0, 0.05) is 18.7 Å². The van der Waals surface area contributed by atoms with E-state index in [0.717, 1.165) is 4.70 Å². The van der Waals surface area contributed by atoms with E-state index in [1.807, 2.05) is 30.3 Å². The Morgan fingerprint density at radius 3 is 2.51 bits per heavy atom. The lowest BCUT2D eigenvalue weighted by Gasteiger charge is -2.26. The Morgan fingerprint density at radius 1 is 1.08 bits per heavy atom. The quantitative estimate of drug-likeness (QED) is 0.0849. The minimum Gasteiger partial charge on any atom is -0.496 e. The van der Waals surface area contributed by atoms with Gasteiger partial charge >= 0.3 is 0 Å². The number of amides is 2. The Balaban J connectivity index is 1.29. The van der Waals surface area contributed by atoms with E-state index >= 15 is 0 Å². The van der Waals surface area contributed by atoms with Gasteiger partial charge in [-0.25, -0.2) is 18.1 Å². The lowest BCUT2D eigenvalue weighted by Crippen LogP contribution is -2.51. The molecule has 1 aliphatic heterocycles. The molecule has 1 saturated heterocycles. The second kappa shape index (κ2) is 15.2. The predicted octanol–water partition coefficient (Wildman–Crippen LogP) is 4.28. The first kappa shape index (κ1) is 35.5. The molecule has 49 heavy (non-hydrogen) atoms. The summed E-state index contributed by atoms with van der Waals surface area (Å²) in [5.41, 5.74) is 8.91. The van der Waals surface area contributed by atoms with Crippen molar-refractivity contribution < 1.29 is 27.5 Å². The number of fused-ring (bicyclic) bond motifs is 1. The van der Waals surface area contributed by atoms with Gasteiger partial charge in [-0.05, 0) is 93.5 Å². The van der Waals surface area contributed by atoms with E-state index < -0.39 is 28.0 Å². The molecule has 1 fully saturated rings. The van der Waals surface area contributed by atoms with Crippen LogP contribution in [-0.4, -0.2) is 74.1 Å². The van der Waals surface area contributed by atoms with Crippen LogP contribution in [0.1, 0.15) is 62.5 Å². The number of sulfonamides is 1. The van der Waals surface area contributed by atoms with Gasteiger partial charge in [0.05, 0.1) is 28.3 Å². The van der Waals surface area contributed by atoms with Crippen molar-refractivity contribution in [3.05, 3.63) is 87.9 Å². The molecular formula is C35H40N6O6S2. The van der Waals surface area contributed by atoms with Crippen molar-refractivity contribution in [2.75, 3.05) is 20.2 Å². The molecule has 0 bridgehead atoms. The first-order valence-electron chi connectivity index (χ1n) is 15.9. The van der Waals surface area contributed by atoms with Gasteiger partial charge in [-0.1, -0.05) is 30.3 Å². The topological polar surface area (TPSA) is 173 Å². The molecule has 1 aliphatic rings. The first-order chi connectivity index (χ1) is 23.4.